The molecule has 1 amide bonds. The summed E-state index contributed by atoms with van der Waals surface area (Å²) in [6.07, 6.45) is 2.00. The summed E-state index contributed by atoms with van der Waals surface area (Å²) in [5.74, 6) is -0.0276. The normalized spacial score (nSPS) is 19.0. The number of hydrogen-bond donors (Lipinski definition) is 2. The summed E-state index contributed by atoms with van der Waals surface area (Å²) in [5.41, 5.74) is 1.07. The first-order valence-electron chi connectivity index (χ1n) is 6.22. The first-order valence-corrected chi connectivity index (χ1v) is 6.22. The van der Waals surface area contributed by atoms with Crippen LogP contribution in [0.5, 0.6) is 0 Å². The maximum atomic E-state index is 11.7. The molecule has 92 valence electrons. The van der Waals surface area contributed by atoms with E-state index >= 15 is 0 Å². The van der Waals surface area contributed by atoms with Crippen molar-refractivity contribution in [2.75, 3.05) is 0 Å². The number of carbonyl (C=O) groups excluding carboxylic acids is 1. The highest BCUT2D eigenvalue weighted by molar-refractivity contribution is 5.99. The number of rotatable bonds is 4. The molecule has 0 radical (unpaired) electrons. The lowest BCUT2D eigenvalue weighted by molar-refractivity contribution is 0.0147. The molecule has 1 atom stereocenters. The molecule has 0 aliphatic carbocycles. The van der Waals surface area contributed by atoms with Gasteiger partial charge in [-0.1, -0.05) is 32.0 Å². The molecule has 2 rings (SSSR count). The fourth-order valence-corrected chi connectivity index (χ4v) is 2.40. The minimum absolute atomic E-state index is 0.0276. The lowest BCUT2D eigenvalue weighted by Crippen LogP contribution is -2.33. The maximum absolute atomic E-state index is 11.7. The van der Waals surface area contributed by atoms with Gasteiger partial charge < -0.3 is 10.4 Å². The summed E-state index contributed by atoms with van der Waals surface area (Å²) in [5, 5.41) is 13.3. The number of carbonyl (C=O) groups is 1. The summed E-state index contributed by atoms with van der Waals surface area (Å²) < 4.78 is 0. The predicted molar refractivity (Wildman–Crippen MR) is 66.8 cm³/mol. The molecule has 3 heteroatoms. The molecule has 1 aromatic rings. The van der Waals surface area contributed by atoms with Crippen molar-refractivity contribution in [2.24, 2.45) is 0 Å². The fraction of sp³-hybridized carbons (Fsp3) is 0.500. The number of nitrogens with one attached hydrogen (secondary N) is 1. The molecule has 1 aliphatic rings. The molecule has 1 heterocycles. The number of benzene rings is 1. The Kier molecular flexibility index (Phi) is 3.20. The second-order valence-corrected chi connectivity index (χ2v) is 4.75. The zero-order chi connectivity index (χ0) is 12.5. The van der Waals surface area contributed by atoms with Gasteiger partial charge in [0.1, 0.15) is 0 Å². The van der Waals surface area contributed by atoms with Crippen molar-refractivity contribution < 1.29 is 9.90 Å². The first kappa shape index (κ1) is 12.1. The van der Waals surface area contributed by atoms with E-state index in [-0.39, 0.29) is 11.9 Å². The van der Waals surface area contributed by atoms with Crippen molar-refractivity contribution in [3.05, 3.63) is 35.4 Å². The molecule has 0 fully saturated rings. The van der Waals surface area contributed by atoms with Gasteiger partial charge in [0.15, 0.2) is 0 Å². The molecular weight excluding hydrogens is 214 g/mol. The van der Waals surface area contributed by atoms with Gasteiger partial charge >= 0.3 is 0 Å². The number of amides is 1. The van der Waals surface area contributed by atoms with Crippen LogP contribution < -0.4 is 5.32 Å². The van der Waals surface area contributed by atoms with Crippen molar-refractivity contribution >= 4 is 5.91 Å². The van der Waals surface area contributed by atoms with Crippen molar-refractivity contribution in [1.82, 2.24) is 5.32 Å². The molecule has 0 saturated heterocycles. The van der Waals surface area contributed by atoms with E-state index in [2.05, 4.69) is 5.32 Å². The molecule has 17 heavy (non-hydrogen) atoms. The molecule has 0 saturated carbocycles. The molecule has 1 unspecified atom stereocenters. The van der Waals surface area contributed by atoms with Gasteiger partial charge in [-0.15, -0.1) is 0 Å². The van der Waals surface area contributed by atoms with E-state index in [0.29, 0.717) is 19.3 Å². The highest BCUT2D eigenvalue weighted by Crippen LogP contribution is 2.34. The van der Waals surface area contributed by atoms with Gasteiger partial charge in [-0.2, -0.15) is 0 Å². The lowest BCUT2D eigenvalue weighted by Gasteiger charge is -2.28. The molecule has 1 aliphatic heterocycles. The maximum Gasteiger partial charge on any atom is 0.252 e. The van der Waals surface area contributed by atoms with Crippen LogP contribution in [-0.2, 0) is 0 Å². The summed E-state index contributed by atoms with van der Waals surface area (Å²) in [7, 11) is 0. The van der Waals surface area contributed by atoms with Gasteiger partial charge in [-0.05, 0) is 24.5 Å². The van der Waals surface area contributed by atoms with Gasteiger partial charge in [0.2, 0.25) is 0 Å². The van der Waals surface area contributed by atoms with Gasteiger partial charge in [0, 0.05) is 12.0 Å². The minimum Gasteiger partial charge on any atom is -0.390 e. The van der Waals surface area contributed by atoms with Crippen LogP contribution in [0.4, 0.5) is 0 Å². The Morgan fingerprint density at radius 2 is 1.94 bits per heavy atom. The Morgan fingerprint density at radius 1 is 1.29 bits per heavy atom. The second-order valence-electron chi connectivity index (χ2n) is 4.75. The topological polar surface area (TPSA) is 49.3 Å². The van der Waals surface area contributed by atoms with E-state index in [4.69, 9.17) is 0 Å². The van der Waals surface area contributed by atoms with Crippen molar-refractivity contribution in [1.29, 1.82) is 0 Å². The zero-order valence-electron chi connectivity index (χ0n) is 10.4. The quantitative estimate of drug-likeness (QED) is 0.839. The minimum atomic E-state index is -0.685. The standard InChI is InChI=1S/C14H19NO2/c1-3-14(17,4-2)9-12-10-7-5-6-8-11(10)13(16)15-12/h5-8,12,17H,3-4,9H2,1-2H3,(H,15,16). The van der Waals surface area contributed by atoms with Crippen LogP contribution in [0.15, 0.2) is 24.3 Å². The summed E-state index contributed by atoms with van der Waals surface area (Å²) in [6, 6.07) is 7.55. The third-order valence-electron chi connectivity index (χ3n) is 3.79. The van der Waals surface area contributed by atoms with Crippen LogP contribution in [0.1, 0.15) is 55.1 Å². The molecule has 3 nitrogen and oxygen atoms in total. The monoisotopic (exact) mass is 233 g/mol. The van der Waals surface area contributed by atoms with Gasteiger partial charge in [-0.25, -0.2) is 0 Å². The van der Waals surface area contributed by atoms with Gasteiger partial charge in [0.25, 0.3) is 5.91 Å². The Labute approximate surface area is 102 Å². The van der Waals surface area contributed by atoms with Crippen LogP contribution in [0.25, 0.3) is 0 Å². The summed E-state index contributed by atoms with van der Waals surface area (Å²) >= 11 is 0. The summed E-state index contributed by atoms with van der Waals surface area (Å²) in [4.78, 5) is 11.7. The smallest absolute Gasteiger partial charge is 0.252 e. The molecule has 0 bridgehead atoms. The van der Waals surface area contributed by atoms with Gasteiger partial charge in [0.05, 0.1) is 11.6 Å². The predicted octanol–water partition coefficient (Wildman–Crippen LogP) is 2.41. The van der Waals surface area contributed by atoms with Gasteiger partial charge in [-0.3, -0.25) is 4.79 Å². The Hall–Kier alpha value is -1.35. The SMILES string of the molecule is CCC(O)(CC)CC1NC(=O)c2ccccc21. The van der Waals surface area contributed by atoms with Crippen LogP contribution >= 0.6 is 0 Å². The second kappa shape index (κ2) is 4.49. The lowest BCUT2D eigenvalue weighted by atomic mass is 9.87. The highest BCUT2D eigenvalue weighted by Gasteiger charge is 2.34. The van der Waals surface area contributed by atoms with E-state index in [1.807, 2.05) is 38.1 Å². The first-order chi connectivity index (χ1) is 8.09. The fourth-order valence-electron chi connectivity index (χ4n) is 2.40. The number of hydrogen-bond acceptors (Lipinski definition) is 2. The largest absolute Gasteiger partial charge is 0.390 e. The molecular formula is C14H19NO2. The molecule has 2 N–H and O–H groups in total. The molecule has 0 spiro atoms. The van der Waals surface area contributed by atoms with Crippen LogP contribution in [0, 0.1) is 0 Å². The number of fused-ring (bicyclic) bond motifs is 1. The van der Waals surface area contributed by atoms with Crippen molar-refractivity contribution in [3.63, 3.8) is 0 Å². The zero-order valence-corrected chi connectivity index (χ0v) is 10.4. The third-order valence-corrected chi connectivity index (χ3v) is 3.79. The van der Waals surface area contributed by atoms with Crippen LogP contribution in [0.2, 0.25) is 0 Å². The van der Waals surface area contributed by atoms with E-state index in [1.165, 1.54) is 0 Å². The van der Waals surface area contributed by atoms with Crippen molar-refractivity contribution in [3.8, 4) is 0 Å². The Bertz CT molecular complexity index is 424. The summed E-state index contributed by atoms with van der Waals surface area (Å²) in [6.45, 7) is 3.96. The van der Waals surface area contributed by atoms with E-state index < -0.39 is 5.60 Å². The Morgan fingerprint density at radius 3 is 2.59 bits per heavy atom. The van der Waals surface area contributed by atoms with E-state index in [9.17, 15) is 9.90 Å². The van der Waals surface area contributed by atoms with Crippen LogP contribution in [0.3, 0.4) is 0 Å². The van der Waals surface area contributed by atoms with Crippen molar-refractivity contribution in [2.45, 2.75) is 44.8 Å². The van der Waals surface area contributed by atoms with Crippen LogP contribution in [-0.4, -0.2) is 16.6 Å². The van der Waals surface area contributed by atoms with E-state index in [1.54, 1.807) is 0 Å². The third kappa shape index (κ3) is 2.20. The Balaban J connectivity index is 2.23. The number of aliphatic hydroxyl groups is 1. The molecule has 1 aromatic carbocycles. The average molecular weight is 233 g/mol. The average Bonchev–Trinajstić information content (AvgIpc) is 2.67. The molecule has 0 aromatic heterocycles. The van der Waals surface area contributed by atoms with E-state index in [0.717, 1.165) is 11.1 Å². The highest BCUT2D eigenvalue weighted by atomic mass is 16.3.